The van der Waals surface area contributed by atoms with Crippen LogP contribution in [0.3, 0.4) is 0 Å². The molecule has 0 aliphatic heterocycles. The number of rotatable bonds is 9. The van der Waals surface area contributed by atoms with E-state index in [-0.39, 0.29) is 18.1 Å². The van der Waals surface area contributed by atoms with Gasteiger partial charge in [0.1, 0.15) is 5.75 Å². The molecule has 0 spiro atoms. The fraction of sp³-hybridized carbons (Fsp3) is 0.611. The van der Waals surface area contributed by atoms with Gasteiger partial charge in [0.15, 0.2) is 0 Å². The molecule has 0 unspecified atom stereocenters. The van der Waals surface area contributed by atoms with E-state index in [4.69, 9.17) is 9.47 Å². The first-order valence-corrected chi connectivity index (χ1v) is 8.16. The summed E-state index contributed by atoms with van der Waals surface area (Å²) in [6, 6.07) is 5.70. The van der Waals surface area contributed by atoms with E-state index in [0.717, 1.165) is 24.2 Å². The Hall–Kier alpha value is -1.55. The Labute approximate surface area is 134 Å². The Morgan fingerprint density at radius 2 is 1.95 bits per heavy atom. The van der Waals surface area contributed by atoms with Crippen LogP contribution in [0.5, 0.6) is 5.75 Å². The zero-order valence-electron chi connectivity index (χ0n) is 14.4. The molecule has 1 N–H and O–H groups in total. The van der Waals surface area contributed by atoms with Gasteiger partial charge in [-0.05, 0) is 52.3 Å². The first-order valence-electron chi connectivity index (χ1n) is 8.16. The molecule has 0 saturated carbocycles. The Kier molecular flexibility index (Phi) is 7.96. The minimum atomic E-state index is -0.0465. The van der Waals surface area contributed by atoms with Gasteiger partial charge < -0.3 is 14.8 Å². The number of carbonyl (C=O) groups is 1. The molecule has 1 aromatic rings. The van der Waals surface area contributed by atoms with Crippen molar-refractivity contribution >= 4 is 5.91 Å². The lowest BCUT2D eigenvalue weighted by Gasteiger charge is -2.16. The van der Waals surface area contributed by atoms with Gasteiger partial charge in [0.2, 0.25) is 0 Å². The normalized spacial score (nSPS) is 12.3. The van der Waals surface area contributed by atoms with Gasteiger partial charge in [-0.2, -0.15) is 0 Å². The van der Waals surface area contributed by atoms with Crippen LogP contribution in [-0.4, -0.2) is 24.7 Å². The molecule has 0 bridgehead atoms. The lowest BCUT2D eigenvalue weighted by atomic mass is 10.1. The number of amides is 1. The Bertz CT molecular complexity index is 471. The lowest BCUT2D eigenvalue weighted by Crippen LogP contribution is -2.32. The van der Waals surface area contributed by atoms with Crippen LogP contribution in [0.1, 0.15) is 63.4 Å². The van der Waals surface area contributed by atoms with E-state index in [1.54, 1.807) is 6.07 Å². The van der Waals surface area contributed by atoms with Crippen molar-refractivity contribution in [3.63, 3.8) is 0 Å². The highest BCUT2D eigenvalue weighted by atomic mass is 16.5. The highest BCUT2D eigenvalue weighted by molar-refractivity contribution is 5.94. The van der Waals surface area contributed by atoms with Crippen LogP contribution in [0.25, 0.3) is 0 Å². The Morgan fingerprint density at radius 3 is 2.55 bits per heavy atom. The van der Waals surface area contributed by atoms with Gasteiger partial charge in [-0.15, -0.1) is 0 Å². The number of hydrogen-bond donors (Lipinski definition) is 1. The average Bonchev–Trinajstić information content (AvgIpc) is 2.46. The topological polar surface area (TPSA) is 47.6 Å². The van der Waals surface area contributed by atoms with E-state index in [1.165, 1.54) is 0 Å². The number of nitrogens with one attached hydrogen (secondary N) is 1. The van der Waals surface area contributed by atoms with Crippen LogP contribution in [-0.2, 0) is 11.3 Å². The Balaban J connectivity index is 2.87. The van der Waals surface area contributed by atoms with E-state index in [2.05, 4.69) is 12.2 Å². The summed E-state index contributed by atoms with van der Waals surface area (Å²) >= 11 is 0. The maximum atomic E-state index is 12.3. The summed E-state index contributed by atoms with van der Waals surface area (Å²) in [4.78, 5) is 12.3. The van der Waals surface area contributed by atoms with Crippen molar-refractivity contribution in [1.29, 1.82) is 0 Å². The third kappa shape index (κ3) is 6.06. The summed E-state index contributed by atoms with van der Waals surface area (Å²) in [5, 5.41) is 3.02. The standard InChI is InChI=1S/C18H29NO3/c1-6-8-14(5)19-18(20)15-9-10-17(21-7-2)16(11-15)12-22-13(3)4/h9-11,13-14H,6-8,12H2,1-5H3,(H,19,20)/t14-/m0/s1. The second kappa shape index (κ2) is 9.46. The second-order valence-electron chi connectivity index (χ2n) is 5.78. The van der Waals surface area contributed by atoms with Gasteiger partial charge in [0, 0.05) is 17.2 Å². The number of ether oxygens (including phenoxy) is 2. The van der Waals surface area contributed by atoms with Crippen molar-refractivity contribution in [1.82, 2.24) is 5.32 Å². The monoisotopic (exact) mass is 307 g/mol. The molecule has 1 amide bonds. The molecular weight excluding hydrogens is 278 g/mol. The maximum Gasteiger partial charge on any atom is 0.251 e. The van der Waals surface area contributed by atoms with Crippen LogP contribution in [0.4, 0.5) is 0 Å². The van der Waals surface area contributed by atoms with Crippen molar-refractivity contribution in [3.8, 4) is 5.75 Å². The zero-order chi connectivity index (χ0) is 16.5. The predicted molar refractivity (Wildman–Crippen MR) is 89.4 cm³/mol. The molecule has 0 saturated heterocycles. The zero-order valence-corrected chi connectivity index (χ0v) is 14.4. The summed E-state index contributed by atoms with van der Waals surface area (Å²) < 4.78 is 11.3. The fourth-order valence-corrected chi connectivity index (χ4v) is 2.20. The third-order valence-electron chi connectivity index (χ3n) is 3.29. The summed E-state index contributed by atoms with van der Waals surface area (Å²) in [5.74, 6) is 0.733. The number of hydrogen-bond acceptors (Lipinski definition) is 3. The summed E-state index contributed by atoms with van der Waals surface area (Å²) in [7, 11) is 0. The largest absolute Gasteiger partial charge is 0.494 e. The number of carbonyl (C=O) groups excluding carboxylic acids is 1. The molecule has 0 fully saturated rings. The molecule has 4 heteroatoms. The fourth-order valence-electron chi connectivity index (χ4n) is 2.20. The van der Waals surface area contributed by atoms with E-state index < -0.39 is 0 Å². The Morgan fingerprint density at radius 1 is 1.23 bits per heavy atom. The first kappa shape index (κ1) is 18.5. The van der Waals surface area contributed by atoms with Crippen LogP contribution < -0.4 is 10.1 Å². The molecule has 22 heavy (non-hydrogen) atoms. The average molecular weight is 307 g/mol. The molecule has 1 aromatic carbocycles. The van der Waals surface area contributed by atoms with Crippen molar-refractivity contribution in [2.24, 2.45) is 0 Å². The maximum absolute atomic E-state index is 12.3. The lowest BCUT2D eigenvalue weighted by molar-refractivity contribution is 0.0641. The minimum Gasteiger partial charge on any atom is -0.494 e. The summed E-state index contributed by atoms with van der Waals surface area (Å²) in [6.45, 7) is 11.1. The van der Waals surface area contributed by atoms with E-state index in [9.17, 15) is 4.79 Å². The highest BCUT2D eigenvalue weighted by Crippen LogP contribution is 2.22. The van der Waals surface area contributed by atoms with Gasteiger partial charge in [0.25, 0.3) is 5.91 Å². The van der Waals surface area contributed by atoms with Gasteiger partial charge in [-0.25, -0.2) is 0 Å². The van der Waals surface area contributed by atoms with Crippen LogP contribution >= 0.6 is 0 Å². The SMILES string of the molecule is CCC[C@H](C)NC(=O)c1ccc(OCC)c(COC(C)C)c1. The molecular formula is C18H29NO3. The summed E-state index contributed by atoms with van der Waals surface area (Å²) in [6.07, 6.45) is 2.17. The van der Waals surface area contributed by atoms with Crippen molar-refractivity contribution in [3.05, 3.63) is 29.3 Å². The minimum absolute atomic E-state index is 0.0465. The molecule has 0 radical (unpaired) electrons. The molecule has 1 atom stereocenters. The summed E-state index contributed by atoms with van der Waals surface area (Å²) in [5.41, 5.74) is 1.56. The molecule has 0 aliphatic rings. The first-order chi connectivity index (χ1) is 10.5. The molecule has 0 heterocycles. The van der Waals surface area contributed by atoms with Crippen LogP contribution in [0.2, 0.25) is 0 Å². The smallest absolute Gasteiger partial charge is 0.251 e. The van der Waals surface area contributed by atoms with E-state index in [1.807, 2.05) is 39.8 Å². The van der Waals surface area contributed by atoms with Crippen molar-refractivity contribution < 1.29 is 14.3 Å². The molecule has 4 nitrogen and oxygen atoms in total. The molecule has 124 valence electrons. The molecule has 0 aliphatic carbocycles. The van der Waals surface area contributed by atoms with Crippen LogP contribution in [0.15, 0.2) is 18.2 Å². The van der Waals surface area contributed by atoms with E-state index in [0.29, 0.717) is 18.8 Å². The van der Waals surface area contributed by atoms with Crippen LogP contribution in [0, 0.1) is 0 Å². The van der Waals surface area contributed by atoms with E-state index >= 15 is 0 Å². The highest BCUT2D eigenvalue weighted by Gasteiger charge is 2.13. The van der Waals surface area contributed by atoms with Gasteiger partial charge >= 0.3 is 0 Å². The second-order valence-corrected chi connectivity index (χ2v) is 5.78. The van der Waals surface area contributed by atoms with Crippen molar-refractivity contribution in [2.45, 2.75) is 66.2 Å². The van der Waals surface area contributed by atoms with Gasteiger partial charge in [-0.1, -0.05) is 13.3 Å². The number of benzene rings is 1. The third-order valence-corrected chi connectivity index (χ3v) is 3.29. The predicted octanol–water partition coefficient (Wildman–Crippen LogP) is 3.93. The van der Waals surface area contributed by atoms with Crippen molar-refractivity contribution in [2.75, 3.05) is 6.61 Å². The molecule has 1 rings (SSSR count). The quantitative estimate of drug-likeness (QED) is 0.752. The molecule has 0 aromatic heterocycles. The van der Waals surface area contributed by atoms with Gasteiger partial charge in [-0.3, -0.25) is 4.79 Å². The van der Waals surface area contributed by atoms with Gasteiger partial charge in [0.05, 0.1) is 19.3 Å².